The number of urea groups is 1. The van der Waals surface area contributed by atoms with Gasteiger partial charge in [-0.05, 0) is 63.5 Å². The van der Waals surface area contributed by atoms with Gasteiger partial charge in [-0.2, -0.15) is 0 Å². The molecule has 0 radical (unpaired) electrons. The van der Waals surface area contributed by atoms with Crippen LogP contribution in [0.25, 0.3) is 10.9 Å². The second kappa shape index (κ2) is 9.09. The number of aliphatic hydroxyl groups is 1. The number of aromatic nitrogens is 2. The molecule has 1 aromatic heterocycles. The Bertz CT molecular complexity index is 1210. The summed E-state index contributed by atoms with van der Waals surface area (Å²) < 4.78 is 0. The molecule has 2 fully saturated rings. The number of aliphatic hydroxyl groups excluding tert-OH is 1. The topological polar surface area (TPSA) is 84.8 Å². The molecular weight excluding hydrogens is 440 g/mol. The van der Waals surface area contributed by atoms with Crippen molar-refractivity contribution in [2.75, 3.05) is 50.6 Å². The molecule has 1 spiro atoms. The molecule has 2 N–H and O–H groups in total. The average Bonchev–Trinajstić information content (AvgIpc) is 3.20. The number of benzene rings is 2. The molecule has 2 aliphatic rings. The molecule has 2 aromatic carbocycles. The number of nitrogens with one attached hydrogen (secondary N) is 1. The van der Waals surface area contributed by atoms with Crippen LogP contribution in [-0.2, 0) is 5.54 Å². The third kappa shape index (κ3) is 4.21. The van der Waals surface area contributed by atoms with Crippen molar-refractivity contribution in [2.45, 2.75) is 36.8 Å². The summed E-state index contributed by atoms with van der Waals surface area (Å²) in [6.07, 6.45) is 5.63. The Balaban J connectivity index is 1.35. The van der Waals surface area contributed by atoms with Crippen molar-refractivity contribution in [3.05, 3.63) is 60.3 Å². The van der Waals surface area contributed by atoms with Crippen LogP contribution >= 0.6 is 0 Å². The largest absolute Gasteiger partial charge is 0.395 e. The zero-order chi connectivity index (χ0) is 24.6. The molecule has 184 valence electrons. The summed E-state index contributed by atoms with van der Waals surface area (Å²) in [5.41, 5.74) is 2.80. The lowest BCUT2D eigenvalue weighted by atomic mass is 9.69. The third-order valence-corrected chi connectivity index (χ3v) is 7.92. The summed E-state index contributed by atoms with van der Waals surface area (Å²) in [7, 11) is 6.18. The summed E-state index contributed by atoms with van der Waals surface area (Å²) in [5, 5.41) is 13.4. The molecule has 1 aliphatic heterocycles. The van der Waals surface area contributed by atoms with Gasteiger partial charge in [0.15, 0.2) is 0 Å². The monoisotopic (exact) mass is 474 g/mol. The summed E-state index contributed by atoms with van der Waals surface area (Å²) in [4.78, 5) is 28.2. The Hall–Kier alpha value is -3.23. The molecule has 1 saturated carbocycles. The van der Waals surface area contributed by atoms with E-state index < -0.39 is 0 Å². The minimum atomic E-state index is -0.215. The summed E-state index contributed by atoms with van der Waals surface area (Å²) in [6.45, 7) is 1.18. The van der Waals surface area contributed by atoms with E-state index in [0.717, 1.165) is 42.3 Å². The number of carbonyl (C=O) groups excluding carboxylic acids is 1. The van der Waals surface area contributed by atoms with Crippen molar-refractivity contribution in [1.82, 2.24) is 20.2 Å². The smallest absolute Gasteiger partial charge is 0.322 e. The van der Waals surface area contributed by atoms with Crippen LogP contribution in [0.2, 0.25) is 0 Å². The van der Waals surface area contributed by atoms with Crippen LogP contribution in [0.1, 0.15) is 31.2 Å². The quantitative estimate of drug-likeness (QED) is 0.570. The summed E-state index contributed by atoms with van der Waals surface area (Å²) in [6, 6.07) is 16.6. The molecular formula is C27H34N6O2. The first-order valence-electron chi connectivity index (χ1n) is 12.3. The highest BCUT2D eigenvalue weighted by molar-refractivity contribution is 5.97. The van der Waals surface area contributed by atoms with Crippen molar-refractivity contribution in [3.63, 3.8) is 0 Å². The number of rotatable bonds is 6. The molecule has 3 aromatic rings. The van der Waals surface area contributed by atoms with Gasteiger partial charge in [-0.15, -0.1) is 0 Å². The zero-order valence-electron chi connectivity index (χ0n) is 20.7. The van der Waals surface area contributed by atoms with Gasteiger partial charge in [0.05, 0.1) is 24.2 Å². The van der Waals surface area contributed by atoms with Crippen LogP contribution in [0, 0.1) is 0 Å². The van der Waals surface area contributed by atoms with Crippen molar-refractivity contribution in [2.24, 2.45) is 0 Å². The van der Waals surface area contributed by atoms with E-state index in [1.54, 1.807) is 6.20 Å². The van der Waals surface area contributed by atoms with Crippen LogP contribution in [-0.4, -0.2) is 72.4 Å². The van der Waals surface area contributed by atoms with E-state index in [9.17, 15) is 4.79 Å². The summed E-state index contributed by atoms with van der Waals surface area (Å²) >= 11 is 0. The number of fused-ring (bicyclic) bond motifs is 1. The van der Waals surface area contributed by atoms with Gasteiger partial charge in [0.1, 0.15) is 0 Å². The Kier molecular flexibility index (Phi) is 6.11. The van der Waals surface area contributed by atoms with Crippen molar-refractivity contribution in [3.8, 4) is 0 Å². The molecule has 8 heteroatoms. The minimum absolute atomic E-state index is 0.00810. The number of hydrogen-bond donors (Lipinski definition) is 2. The lowest BCUT2D eigenvalue weighted by molar-refractivity contribution is 0.0658. The van der Waals surface area contributed by atoms with Gasteiger partial charge in [0.2, 0.25) is 5.95 Å². The molecule has 2 amide bonds. The van der Waals surface area contributed by atoms with Gasteiger partial charge >= 0.3 is 6.03 Å². The maximum Gasteiger partial charge on any atom is 0.322 e. The van der Waals surface area contributed by atoms with Crippen molar-refractivity contribution in [1.29, 1.82) is 0 Å². The van der Waals surface area contributed by atoms with Crippen LogP contribution in [0.3, 0.4) is 0 Å². The van der Waals surface area contributed by atoms with E-state index in [2.05, 4.69) is 64.6 Å². The standard InChI is InChI=1S/C27H34N6O2/c1-31(2)27(21-7-5-4-6-8-21)13-11-26(12-14-27)19-33(25(35)30-26)22-9-10-23-20(17-22)18-28-24(29-23)32(3)15-16-34/h4-10,17-18,34H,11-16,19H2,1-3H3,(H,30,35)/t26-,27-. The van der Waals surface area contributed by atoms with Crippen molar-refractivity contribution < 1.29 is 9.90 Å². The van der Waals surface area contributed by atoms with E-state index in [0.29, 0.717) is 19.0 Å². The highest BCUT2D eigenvalue weighted by atomic mass is 16.3. The van der Waals surface area contributed by atoms with Crippen LogP contribution in [0.15, 0.2) is 54.7 Å². The first-order valence-corrected chi connectivity index (χ1v) is 12.3. The fourth-order valence-electron chi connectivity index (χ4n) is 5.70. The second-order valence-electron chi connectivity index (χ2n) is 10.1. The fourth-order valence-corrected chi connectivity index (χ4v) is 5.70. The maximum absolute atomic E-state index is 13.1. The Morgan fingerprint density at radius 3 is 2.49 bits per heavy atom. The molecule has 35 heavy (non-hydrogen) atoms. The van der Waals surface area contributed by atoms with Crippen LogP contribution in [0.4, 0.5) is 16.4 Å². The molecule has 1 saturated heterocycles. The Morgan fingerprint density at radius 2 is 1.80 bits per heavy atom. The van der Waals surface area contributed by atoms with E-state index in [-0.39, 0.29) is 23.7 Å². The van der Waals surface area contributed by atoms with Gasteiger partial charge in [0, 0.05) is 36.4 Å². The molecule has 1 aliphatic carbocycles. The van der Waals surface area contributed by atoms with Gasteiger partial charge in [-0.1, -0.05) is 30.3 Å². The lowest BCUT2D eigenvalue weighted by Crippen LogP contribution is -2.54. The molecule has 0 atom stereocenters. The number of carbonyl (C=O) groups is 1. The minimum Gasteiger partial charge on any atom is -0.395 e. The third-order valence-electron chi connectivity index (χ3n) is 7.92. The fraction of sp³-hybridized carbons (Fsp3) is 0.444. The van der Waals surface area contributed by atoms with E-state index in [1.807, 2.05) is 35.0 Å². The van der Waals surface area contributed by atoms with Gasteiger partial charge < -0.3 is 15.3 Å². The highest BCUT2D eigenvalue weighted by Crippen LogP contribution is 2.46. The molecule has 8 nitrogen and oxygen atoms in total. The normalized spacial score (nSPS) is 24.4. The first kappa shape index (κ1) is 23.5. The molecule has 5 rings (SSSR count). The zero-order valence-corrected chi connectivity index (χ0v) is 20.7. The van der Waals surface area contributed by atoms with Crippen LogP contribution < -0.4 is 15.1 Å². The van der Waals surface area contributed by atoms with E-state index in [4.69, 9.17) is 5.11 Å². The average molecular weight is 475 g/mol. The maximum atomic E-state index is 13.1. The highest BCUT2D eigenvalue weighted by Gasteiger charge is 2.50. The SMILES string of the molecule is CN(CCO)c1ncc2cc(N3C[C@]4(CC[C@@](c5ccccc5)(N(C)C)CC4)NC3=O)ccc2n1. The molecule has 0 bridgehead atoms. The van der Waals surface area contributed by atoms with Gasteiger partial charge in [0.25, 0.3) is 0 Å². The van der Waals surface area contributed by atoms with Crippen molar-refractivity contribution >= 4 is 28.6 Å². The summed E-state index contributed by atoms with van der Waals surface area (Å²) in [5.74, 6) is 0.571. The number of nitrogens with zero attached hydrogens (tertiary/aromatic N) is 5. The molecule has 2 heterocycles. The number of amides is 2. The van der Waals surface area contributed by atoms with E-state index >= 15 is 0 Å². The first-order chi connectivity index (χ1) is 16.9. The number of likely N-dealkylation sites (N-methyl/N-ethyl adjacent to an activating group) is 1. The Labute approximate surface area is 206 Å². The predicted octanol–water partition coefficient (Wildman–Crippen LogP) is 3.36. The number of anilines is 2. The molecule has 0 unspecified atom stereocenters. The van der Waals surface area contributed by atoms with E-state index in [1.165, 1.54) is 5.56 Å². The van der Waals surface area contributed by atoms with Gasteiger partial charge in [-0.3, -0.25) is 9.80 Å². The van der Waals surface area contributed by atoms with Crippen LogP contribution in [0.5, 0.6) is 0 Å². The lowest BCUT2D eigenvalue weighted by Gasteiger charge is -2.48. The Morgan fingerprint density at radius 1 is 1.06 bits per heavy atom. The number of hydrogen-bond acceptors (Lipinski definition) is 6. The second-order valence-corrected chi connectivity index (χ2v) is 10.1. The van der Waals surface area contributed by atoms with Gasteiger partial charge in [-0.25, -0.2) is 14.8 Å². The predicted molar refractivity (Wildman–Crippen MR) is 139 cm³/mol.